The molecular formula is C21H29N7O4. The van der Waals surface area contributed by atoms with E-state index in [1.165, 1.54) is 0 Å². The number of methoxy groups -OCH3 is 1. The van der Waals surface area contributed by atoms with Gasteiger partial charge in [-0.15, -0.1) is 0 Å². The zero-order valence-corrected chi connectivity index (χ0v) is 18.5. The standard InChI is InChI=1S/C21H29N7O4/c1-3-32-17-5-4-16(14-18(17)29-2)15-22-26-19-23-20(27-6-10-30-11-7-27)25-21(24-19)28-8-12-31-13-9-28/h4-5,14-15H,3,6-13H2,1-2H3,(H,23,24,25,26). The number of morpholine rings is 2. The van der Waals surface area contributed by atoms with E-state index in [1.807, 2.05) is 25.1 Å². The van der Waals surface area contributed by atoms with Gasteiger partial charge in [0, 0.05) is 26.2 Å². The molecule has 0 radical (unpaired) electrons. The van der Waals surface area contributed by atoms with Gasteiger partial charge in [0.2, 0.25) is 17.8 Å². The Morgan fingerprint density at radius 2 is 1.59 bits per heavy atom. The van der Waals surface area contributed by atoms with Crippen LogP contribution in [0, 0.1) is 0 Å². The Bertz CT molecular complexity index is 879. The van der Waals surface area contributed by atoms with Gasteiger partial charge in [0.25, 0.3) is 0 Å². The lowest BCUT2D eigenvalue weighted by Gasteiger charge is -2.30. The number of hydrogen-bond donors (Lipinski definition) is 1. The summed E-state index contributed by atoms with van der Waals surface area (Å²) in [4.78, 5) is 18.0. The molecular weight excluding hydrogens is 414 g/mol. The number of nitrogens with zero attached hydrogens (tertiary/aromatic N) is 6. The van der Waals surface area contributed by atoms with Crippen LogP contribution in [0.1, 0.15) is 12.5 Å². The van der Waals surface area contributed by atoms with Crippen LogP contribution in [0.2, 0.25) is 0 Å². The summed E-state index contributed by atoms with van der Waals surface area (Å²) in [5.41, 5.74) is 3.80. The molecule has 3 heterocycles. The lowest BCUT2D eigenvalue weighted by molar-refractivity contribution is 0.121. The van der Waals surface area contributed by atoms with E-state index in [0.717, 1.165) is 31.7 Å². The monoisotopic (exact) mass is 443 g/mol. The quantitative estimate of drug-likeness (QED) is 0.475. The second-order valence-corrected chi connectivity index (χ2v) is 7.17. The Hall–Kier alpha value is -3.18. The Kier molecular flexibility index (Phi) is 7.51. The number of ether oxygens (including phenoxy) is 4. The van der Waals surface area contributed by atoms with Gasteiger partial charge in [0.1, 0.15) is 0 Å². The van der Waals surface area contributed by atoms with Crippen LogP contribution in [0.3, 0.4) is 0 Å². The van der Waals surface area contributed by atoms with E-state index in [2.05, 4.69) is 30.3 Å². The van der Waals surface area contributed by atoms with Crippen molar-refractivity contribution in [1.29, 1.82) is 0 Å². The first-order valence-electron chi connectivity index (χ1n) is 10.8. The number of hydrogen-bond acceptors (Lipinski definition) is 11. The molecule has 2 aromatic rings. The van der Waals surface area contributed by atoms with E-state index in [0.29, 0.717) is 62.4 Å². The maximum atomic E-state index is 5.56. The smallest absolute Gasteiger partial charge is 0.250 e. The molecule has 2 fully saturated rings. The second kappa shape index (κ2) is 10.9. The molecule has 0 spiro atoms. The van der Waals surface area contributed by atoms with E-state index in [4.69, 9.17) is 23.9 Å². The van der Waals surface area contributed by atoms with Gasteiger partial charge < -0.3 is 28.7 Å². The van der Waals surface area contributed by atoms with Gasteiger partial charge in [-0.25, -0.2) is 5.43 Å². The van der Waals surface area contributed by atoms with Crippen molar-refractivity contribution in [3.05, 3.63) is 23.8 Å². The van der Waals surface area contributed by atoms with Crippen molar-refractivity contribution in [2.24, 2.45) is 5.10 Å². The maximum absolute atomic E-state index is 5.56. The molecule has 2 saturated heterocycles. The molecule has 172 valence electrons. The Morgan fingerprint density at radius 3 is 2.16 bits per heavy atom. The fraction of sp³-hybridized carbons (Fsp3) is 0.524. The van der Waals surface area contributed by atoms with Crippen molar-refractivity contribution in [2.75, 3.05) is 81.5 Å². The SMILES string of the molecule is CCOc1ccc(C=NNc2nc(N3CCOCC3)nc(N3CCOCC3)n2)cc1OC. The zero-order chi connectivity index (χ0) is 22.2. The van der Waals surface area contributed by atoms with Gasteiger partial charge in [-0.2, -0.15) is 20.1 Å². The summed E-state index contributed by atoms with van der Waals surface area (Å²) >= 11 is 0. The van der Waals surface area contributed by atoms with Crippen LogP contribution in [-0.2, 0) is 9.47 Å². The van der Waals surface area contributed by atoms with Gasteiger partial charge >= 0.3 is 0 Å². The van der Waals surface area contributed by atoms with Gasteiger partial charge in [-0.1, -0.05) is 0 Å². The number of anilines is 3. The Morgan fingerprint density at radius 1 is 0.969 bits per heavy atom. The zero-order valence-electron chi connectivity index (χ0n) is 18.5. The highest BCUT2D eigenvalue weighted by Gasteiger charge is 2.20. The molecule has 4 rings (SSSR count). The molecule has 0 saturated carbocycles. The molecule has 11 nitrogen and oxygen atoms in total. The van der Waals surface area contributed by atoms with Crippen LogP contribution in [0.4, 0.5) is 17.8 Å². The average Bonchev–Trinajstić information content (AvgIpc) is 2.86. The molecule has 0 atom stereocenters. The first-order chi connectivity index (χ1) is 15.8. The van der Waals surface area contributed by atoms with E-state index < -0.39 is 0 Å². The lowest BCUT2D eigenvalue weighted by atomic mass is 10.2. The minimum Gasteiger partial charge on any atom is -0.493 e. The Labute approximate surface area is 187 Å². The fourth-order valence-corrected chi connectivity index (χ4v) is 3.42. The number of nitrogens with one attached hydrogen (secondary N) is 1. The van der Waals surface area contributed by atoms with Crippen LogP contribution >= 0.6 is 0 Å². The largest absolute Gasteiger partial charge is 0.493 e. The molecule has 0 bridgehead atoms. The molecule has 0 aliphatic carbocycles. The summed E-state index contributed by atoms with van der Waals surface area (Å²) < 4.78 is 21.9. The van der Waals surface area contributed by atoms with E-state index in [9.17, 15) is 0 Å². The van der Waals surface area contributed by atoms with Crippen molar-refractivity contribution in [1.82, 2.24) is 15.0 Å². The third-order valence-corrected chi connectivity index (χ3v) is 5.07. The summed E-state index contributed by atoms with van der Waals surface area (Å²) in [5.74, 6) is 2.97. The summed E-state index contributed by atoms with van der Waals surface area (Å²) in [6.45, 7) is 8.06. The van der Waals surface area contributed by atoms with Gasteiger partial charge in [0.15, 0.2) is 11.5 Å². The molecule has 11 heteroatoms. The predicted octanol–water partition coefficient (Wildman–Crippen LogP) is 1.40. The van der Waals surface area contributed by atoms with Gasteiger partial charge in [0.05, 0.1) is 46.4 Å². The van der Waals surface area contributed by atoms with Gasteiger partial charge in [-0.3, -0.25) is 0 Å². The molecule has 0 unspecified atom stereocenters. The fourth-order valence-electron chi connectivity index (χ4n) is 3.42. The summed E-state index contributed by atoms with van der Waals surface area (Å²) in [6, 6.07) is 5.63. The van der Waals surface area contributed by atoms with Crippen molar-refractivity contribution in [3.63, 3.8) is 0 Å². The summed E-state index contributed by atoms with van der Waals surface area (Å²) in [6.07, 6.45) is 1.69. The third-order valence-electron chi connectivity index (χ3n) is 5.07. The first-order valence-corrected chi connectivity index (χ1v) is 10.8. The first kappa shape index (κ1) is 22.0. The average molecular weight is 444 g/mol. The number of benzene rings is 1. The summed E-state index contributed by atoms with van der Waals surface area (Å²) in [7, 11) is 1.61. The molecule has 1 aromatic heterocycles. The summed E-state index contributed by atoms with van der Waals surface area (Å²) in [5, 5.41) is 4.32. The normalized spacial score (nSPS) is 16.9. The molecule has 0 amide bonds. The van der Waals surface area contributed by atoms with Crippen molar-refractivity contribution >= 4 is 24.1 Å². The lowest BCUT2D eigenvalue weighted by Crippen LogP contribution is -2.40. The maximum Gasteiger partial charge on any atom is 0.250 e. The van der Waals surface area contributed by atoms with Crippen LogP contribution in [-0.4, -0.2) is 87.5 Å². The molecule has 1 aromatic carbocycles. The van der Waals surface area contributed by atoms with Crippen LogP contribution < -0.4 is 24.7 Å². The molecule has 1 N–H and O–H groups in total. The van der Waals surface area contributed by atoms with Crippen LogP contribution in [0.5, 0.6) is 11.5 Å². The highest BCUT2D eigenvalue weighted by Crippen LogP contribution is 2.27. The van der Waals surface area contributed by atoms with Crippen LogP contribution in [0.25, 0.3) is 0 Å². The van der Waals surface area contributed by atoms with Crippen molar-refractivity contribution < 1.29 is 18.9 Å². The van der Waals surface area contributed by atoms with E-state index >= 15 is 0 Å². The van der Waals surface area contributed by atoms with Crippen molar-refractivity contribution in [3.8, 4) is 11.5 Å². The highest BCUT2D eigenvalue weighted by atomic mass is 16.5. The minimum absolute atomic E-state index is 0.386. The van der Waals surface area contributed by atoms with Crippen molar-refractivity contribution in [2.45, 2.75) is 6.92 Å². The van der Waals surface area contributed by atoms with E-state index in [-0.39, 0.29) is 0 Å². The predicted molar refractivity (Wildman–Crippen MR) is 121 cm³/mol. The second-order valence-electron chi connectivity index (χ2n) is 7.17. The van der Waals surface area contributed by atoms with Crippen LogP contribution in [0.15, 0.2) is 23.3 Å². The van der Waals surface area contributed by atoms with Gasteiger partial charge in [-0.05, 0) is 30.7 Å². The van der Waals surface area contributed by atoms with E-state index in [1.54, 1.807) is 13.3 Å². The number of aromatic nitrogens is 3. The molecule has 2 aliphatic heterocycles. The topological polar surface area (TPSA) is 106 Å². The minimum atomic E-state index is 0.386. The third kappa shape index (κ3) is 5.54. The highest BCUT2D eigenvalue weighted by molar-refractivity contribution is 5.81. The number of rotatable bonds is 8. The number of hydrazone groups is 1. The molecule has 32 heavy (non-hydrogen) atoms. The Balaban J connectivity index is 1.52. The molecule has 2 aliphatic rings.